The molecule has 8 nitrogen and oxygen atoms in total. The van der Waals surface area contributed by atoms with E-state index in [0.717, 1.165) is 43.8 Å². The van der Waals surface area contributed by atoms with Crippen LogP contribution in [0.1, 0.15) is 58.8 Å². The quantitative estimate of drug-likeness (QED) is 0.179. The Morgan fingerprint density at radius 3 is 2.30 bits per heavy atom. The maximum atomic E-state index is 14.1. The van der Waals surface area contributed by atoms with Crippen LogP contribution >= 0.6 is 11.8 Å². The number of rotatable bonds is 10. The van der Waals surface area contributed by atoms with Crippen molar-refractivity contribution in [3.05, 3.63) is 93.9 Å². The molecule has 12 heteroatoms. The molecule has 0 aliphatic carbocycles. The summed E-state index contributed by atoms with van der Waals surface area (Å²) in [4.78, 5) is 42.1. The van der Waals surface area contributed by atoms with E-state index in [9.17, 15) is 32.7 Å². The summed E-state index contributed by atoms with van der Waals surface area (Å²) in [5.41, 5.74) is -0.788. The molecule has 2 fully saturated rings. The van der Waals surface area contributed by atoms with E-state index >= 15 is 0 Å². The molecule has 0 spiro atoms. The Bertz CT molecular complexity index is 1620. The van der Waals surface area contributed by atoms with Gasteiger partial charge in [0.2, 0.25) is 0 Å². The van der Waals surface area contributed by atoms with Crippen LogP contribution < -0.4 is 9.47 Å². The summed E-state index contributed by atoms with van der Waals surface area (Å²) >= 11 is 0.835. The molecule has 3 aromatic rings. The lowest BCUT2D eigenvalue weighted by Gasteiger charge is -2.22. The highest BCUT2D eigenvalue weighted by Gasteiger charge is 2.37. The Labute approximate surface area is 268 Å². The Morgan fingerprint density at radius 2 is 1.63 bits per heavy atom. The number of carbonyl (C=O) groups is 3. The number of hydrogen-bond acceptors (Lipinski definition) is 8. The van der Waals surface area contributed by atoms with Crippen molar-refractivity contribution in [1.29, 1.82) is 0 Å². The van der Waals surface area contributed by atoms with Gasteiger partial charge in [-0.05, 0) is 79.2 Å². The minimum atomic E-state index is -4.87. The summed E-state index contributed by atoms with van der Waals surface area (Å²) in [5.74, 6) is -1.65. The molecule has 2 aliphatic rings. The average molecular weight is 655 g/mol. The lowest BCUT2D eigenvalue weighted by molar-refractivity contribution is -0.138. The van der Waals surface area contributed by atoms with Gasteiger partial charge in [-0.25, -0.2) is 0 Å². The van der Waals surface area contributed by atoms with Crippen LogP contribution in [-0.2, 0) is 11.0 Å². The van der Waals surface area contributed by atoms with Crippen LogP contribution in [0.5, 0.6) is 17.2 Å². The highest BCUT2D eigenvalue weighted by atomic mass is 32.2. The van der Waals surface area contributed by atoms with Crippen molar-refractivity contribution in [3.63, 3.8) is 0 Å². The van der Waals surface area contributed by atoms with E-state index in [0.29, 0.717) is 24.7 Å². The number of methoxy groups -OCH3 is 1. The van der Waals surface area contributed by atoms with Gasteiger partial charge in [-0.15, -0.1) is 0 Å². The monoisotopic (exact) mass is 654 g/mol. The zero-order valence-electron chi connectivity index (χ0n) is 25.1. The molecular weight excluding hydrogens is 621 g/mol. The second-order valence-corrected chi connectivity index (χ2v) is 12.0. The summed E-state index contributed by atoms with van der Waals surface area (Å²) in [6.45, 7) is 2.82. The van der Waals surface area contributed by atoms with Crippen molar-refractivity contribution in [3.8, 4) is 17.2 Å². The summed E-state index contributed by atoms with van der Waals surface area (Å²) in [5, 5.41) is 10.2. The van der Waals surface area contributed by atoms with Gasteiger partial charge in [-0.2, -0.15) is 13.2 Å². The minimum Gasteiger partial charge on any atom is -0.493 e. The van der Waals surface area contributed by atoms with Gasteiger partial charge in [-0.3, -0.25) is 19.3 Å². The van der Waals surface area contributed by atoms with Gasteiger partial charge >= 0.3 is 6.18 Å². The fraction of sp³-hybridized carbons (Fsp3) is 0.324. The maximum Gasteiger partial charge on any atom is 0.419 e. The van der Waals surface area contributed by atoms with Gasteiger partial charge in [0, 0.05) is 18.7 Å². The number of halogens is 3. The topological polar surface area (TPSA) is 96.4 Å². The first-order valence-corrected chi connectivity index (χ1v) is 15.7. The third-order valence-corrected chi connectivity index (χ3v) is 8.76. The van der Waals surface area contributed by atoms with Gasteiger partial charge in [0.05, 0.1) is 17.6 Å². The first-order chi connectivity index (χ1) is 22.0. The molecule has 2 amide bonds. The molecule has 1 N–H and O–H groups in total. The normalized spacial score (nSPS) is 17.7. The summed E-state index contributed by atoms with van der Waals surface area (Å²) in [7, 11) is 1.32. The highest BCUT2D eigenvalue weighted by molar-refractivity contribution is 8.18. The van der Waals surface area contributed by atoms with Crippen LogP contribution in [0, 0.1) is 0 Å². The van der Waals surface area contributed by atoms with Gasteiger partial charge in [0.25, 0.3) is 11.1 Å². The molecule has 46 heavy (non-hydrogen) atoms. The van der Waals surface area contributed by atoms with Crippen LogP contribution in [0.15, 0.2) is 71.6 Å². The van der Waals surface area contributed by atoms with Crippen molar-refractivity contribution in [1.82, 2.24) is 9.80 Å². The van der Waals surface area contributed by atoms with E-state index in [1.54, 1.807) is 18.2 Å². The fourth-order valence-corrected chi connectivity index (χ4v) is 6.23. The van der Waals surface area contributed by atoms with Gasteiger partial charge < -0.3 is 19.5 Å². The van der Waals surface area contributed by atoms with Gasteiger partial charge in [0.15, 0.2) is 17.3 Å². The van der Waals surface area contributed by atoms with Crippen LogP contribution in [0.25, 0.3) is 6.08 Å². The number of ether oxygens (including phenoxy) is 2. The number of benzene rings is 3. The lowest BCUT2D eigenvalue weighted by Crippen LogP contribution is -2.37. The molecule has 0 aromatic heterocycles. The molecule has 3 aromatic carbocycles. The number of aliphatic hydroxyl groups is 1. The van der Waals surface area contributed by atoms with E-state index < -0.39 is 35.3 Å². The molecule has 0 radical (unpaired) electrons. The van der Waals surface area contributed by atoms with Gasteiger partial charge in [0.1, 0.15) is 11.9 Å². The van der Waals surface area contributed by atoms with Crippen molar-refractivity contribution in [2.45, 2.75) is 38.0 Å². The van der Waals surface area contributed by atoms with Gasteiger partial charge in [-0.1, -0.05) is 55.3 Å². The molecule has 1 unspecified atom stereocenters. The maximum absolute atomic E-state index is 14.1. The van der Waals surface area contributed by atoms with Crippen LogP contribution in [0.3, 0.4) is 0 Å². The Kier molecular flexibility index (Phi) is 10.5. The fourth-order valence-electron chi connectivity index (χ4n) is 5.36. The molecule has 5 rings (SSSR count). The van der Waals surface area contributed by atoms with E-state index in [-0.39, 0.29) is 32.8 Å². The molecule has 2 aliphatic heterocycles. The second-order valence-electron chi connectivity index (χ2n) is 11.0. The van der Waals surface area contributed by atoms with Crippen LogP contribution in [0.4, 0.5) is 18.0 Å². The number of aliphatic hydroxyl groups excluding tert-OH is 1. The van der Waals surface area contributed by atoms with E-state index in [1.807, 2.05) is 0 Å². The molecule has 242 valence electrons. The first kappa shape index (κ1) is 33.2. The number of carbonyl (C=O) groups excluding carboxylic acids is 3. The number of amides is 2. The van der Waals surface area contributed by atoms with E-state index in [1.165, 1.54) is 67.3 Å². The summed E-state index contributed by atoms with van der Waals surface area (Å²) in [6, 6.07) is 15.1. The smallest absolute Gasteiger partial charge is 0.419 e. The molecule has 0 saturated carbocycles. The molecule has 2 saturated heterocycles. The lowest BCUT2D eigenvalue weighted by atomic mass is 9.98. The number of likely N-dealkylation sites (tertiary alicyclic amines) is 1. The van der Waals surface area contributed by atoms with E-state index in [4.69, 9.17) is 9.47 Å². The minimum absolute atomic E-state index is 0.0376. The van der Waals surface area contributed by atoms with Crippen molar-refractivity contribution >= 4 is 34.8 Å². The van der Waals surface area contributed by atoms with Crippen molar-refractivity contribution < 1.29 is 42.1 Å². The number of nitrogens with zero attached hydrogens (tertiary/aromatic N) is 2. The first-order valence-electron chi connectivity index (χ1n) is 14.9. The zero-order valence-corrected chi connectivity index (χ0v) is 25.9. The predicted octanol–water partition coefficient (Wildman–Crippen LogP) is 7.33. The highest BCUT2D eigenvalue weighted by Crippen LogP contribution is 2.42. The van der Waals surface area contributed by atoms with Crippen LogP contribution in [-0.4, -0.2) is 65.1 Å². The second kappa shape index (κ2) is 14.5. The molecule has 1 atom stereocenters. The number of imide groups is 1. The third kappa shape index (κ3) is 7.80. The SMILES string of the molecule is COc1cc(C=C2SC(=O)N(CCN3CCCCCC3)C2=O)ccc1Oc1ccc(C(O)C(=O)c2ccccc2)cc1C(F)(F)F. The number of hydrogen-bond donors (Lipinski definition) is 1. The number of thioether (sulfide) groups is 1. The summed E-state index contributed by atoms with van der Waals surface area (Å²) < 4.78 is 53.4. The summed E-state index contributed by atoms with van der Waals surface area (Å²) in [6.07, 6.45) is -0.575. The van der Waals surface area contributed by atoms with E-state index in [2.05, 4.69) is 4.90 Å². The predicted molar refractivity (Wildman–Crippen MR) is 168 cm³/mol. The van der Waals surface area contributed by atoms with Crippen LogP contribution in [0.2, 0.25) is 0 Å². The Morgan fingerprint density at radius 1 is 0.935 bits per heavy atom. The average Bonchev–Trinajstić information content (AvgIpc) is 3.20. The number of alkyl halides is 3. The number of Topliss-reactive ketones (excluding diaryl/α,β-unsaturated/α-hetero) is 1. The Balaban J connectivity index is 1.32. The molecule has 2 heterocycles. The standard InChI is InChI=1S/C34H33F3N2O6S/c1-44-28-19-22(20-29-32(42)39(33(43)46-29)18-17-38-15-7-2-3-8-16-38)11-13-27(28)45-26-14-12-24(21-25(26)34(35,36)37)31(41)30(40)23-9-5-4-6-10-23/h4-6,9-14,19-21,31,41H,2-3,7-8,15-18H2,1H3. The van der Waals surface area contributed by atoms with Crippen molar-refractivity contribution in [2.75, 3.05) is 33.3 Å². The van der Waals surface area contributed by atoms with Crippen molar-refractivity contribution in [2.24, 2.45) is 0 Å². The zero-order chi connectivity index (χ0) is 32.8. The molecular formula is C34H33F3N2O6S. The number of ketones is 1. The third-order valence-electron chi connectivity index (χ3n) is 7.85. The molecule has 0 bridgehead atoms. The Hall–Kier alpha value is -4.13. The largest absolute Gasteiger partial charge is 0.493 e.